The number of benzene rings is 1. The van der Waals surface area contributed by atoms with Crippen molar-refractivity contribution in [3.8, 4) is 23.8 Å². The summed E-state index contributed by atoms with van der Waals surface area (Å²) in [5.74, 6) is 3.00. The SMILES string of the molecule is C#CCOc1c(Br)cc(/C=c2\sc3n(c2=O)CC(C(=O)OCC)=C(C)N=3)cc1OCC. The van der Waals surface area contributed by atoms with Crippen molar-refractivity contribution in [2.24, 2.45) is 4.99 Å². The van der Waals surface area contributed by atoms with Gasteiger partial charge in [0.2, 0.25) is 0 Å². The first-order valence-corrected chi connectivity index (χ1v) is 11.2. The van der Waals surface area contributed by atoms with Crippen LogP contribution in [0, 0.1) is 12.3 Å². The van der Waals surface area contributed by atoms with Crippen LogP contribution in [0.3, 0.4) is 0 Å². The van der Waals surface area contributed by atoms with Gasteiger partial charge in [-0.2, -0.15) is 0 Å². The number of hydrogen-bond donors (Lipinski definition) is 0. The van der Waals surface area contributed by atoms with E-state index >= 15 is 0 Å². The molecule has 2 aromatic rings. The second-order valence-electron chi connectivity index (χ2n) is 6.44. The van der Waals surface area contributed by atoms with Crippen molar-refractivity contribution in [3.05, 3.63) is 53.1 Å². The molecule has 0 amide bonds. The number of thiazole rings is 1. The van der Waals surface area contributed by atoms with Gasteiger partial charge in [-0.05, 0) is 60.5 Å². The number of esters is 1. The summed E-state index contributed by atoms with van der Waals surface area (Å²) >= 11 is 4.74. The number of allylic oxidation sites excluding steroid dienone is 1. The van der Waals surface area contributed by atoms with Crippen molar-refractivity contribution in [1.82, 2.24) is 4.57 Å². The number of hydrogen-bond acceptors (Lipinski definition) is 7. The number of nitrogens with zero attached hydrogens (tertiary/aromatic N) is 2. The molecule has 3 rings (SSSR count). The van der Waals surface area contributed by atoms with Crippen LogP contribution in [0.2, 0.25) is 0 Å². The van der Waals surface area contributed by atoms with Crippen LogP contribution in [0.15, 0.2) is 37.7 Å². The standard InChI is InChI=1S/C22H21BrN2O5S/c1-5-8-30-19-16(23)9-14(10-17(19)28-6-2)11-18-20(26)25-12-15(21(27)29-7-3)13(4)24-22(25)31-18/h1,9-11H,6-8,12H2,2-4H3/b18-11-. The molecule has 0 atom stereocenters. The molecule has 0 bridgehead atoms. The van der Waals surface area contributed by atoms with Gasteiger partial charge in [0, 0.05) is 0 Å². The van der Waals surface area contributed by atoms with Gasteiger partial charge in [0.1, 0.15) is 6.61 Å². The van der Waals surface area contributed by atoms with Crippen molar-refractivity contribution in [3.63, 3.8) is 0 Å². The molecule has 7 nitrogen and oxygen atoms in total. The van der Waals surface area contributed by atoms with Crippen molar-refractivity contribution >= 4 is 39.3 Å². The Morgan fingerprint density at radius 1 is 1.35 bits per heavy atom. The Morgan fingerprint density at radius 3 is 2.81 bits per heavy atom. The van der Waals surface area contributed by atoms with E-state index in [0.717, 1.165) is 5.56 Å². The number of carbonyl (C=O) groups is 1. The highest BCUT2D eigenvalue weighted by Gasteiger charge is 2.21. The van der Waals surface area contributed by atoms with Gasteiger partial charge in [-0.15, -0.1) is 6.42 Å². The summed E-state index contributed by atoms with van der Waals surface area (Å²) in [6.45, 7) is 6.30. The Bertz CT molecular complexity index is 1270. The average molecular weight is 505 g/mol. The van der Waals surface area contributed by atoms with E-state index in [0.29, 0.717) is 43.2 Å². The molecule has 1 aliphatic rings. The second-order valence-corrected chi connectivity index (χ2v) is 8.30. The Hall–Kier alpha value is -2.83. The smallest absolute Gasteiger partial charge is 0.337 e. The number of terminal acetylenes is 1. The fourth-order valence-corrected chi connectivity index (χ4v) is 4.59. The molecule has 2 heterocycles. The maximum atomic E-state index is 13.0. The molecule has 0 aliphatic carbocycles. The van der Waals surface area contributed by atoms with Crippen LogP contribution in [0.1, 0.15) is 26.3 Å². The van der Waals surface area contributed by atoms with E-state index in [1.54, 1.807) is 26.0 Å². The Balaban J connectivity index is 2.04. The first kappa shape index (κ1) is 22.8. The van der Waals surface area contributed by atoms with E-state index in [1.807, 2.05) is 13.0 Å². The summed E-state index contributed by atoms with van der Waals surface area (Å²) in [6.07, 6.45) is 7.04. The molecular weight excluding hydrogens is 484 g/mol. The zero-order chi connectivity index (χ0) is 22.5. The van der Waals surface area contributed by atoms with Crippen LogP contribution in [-0.2, 0) is 16.1 Å². The van der Waals surface area contributed by atoms with Crippen LogP contribution < -0.4 is 24.4 Å². The third kappa shape index (κ3) is 4.92. The highest BCUT2D eigenvalue weighted by atomic mass is 79.9. The first-order chi connectivity index (χ1) is 14.9. The normalized spacial score (nSPS) is 13.3. The lowest BCUT2D eigenvalue weighted by Gasteiger charge is -2.13. The largest absolute Gasteiger partial charge is 0.490 e. The molecule has 1 aliphatic heterocycles. The zero-order valence-corrected chi connectivity index (χ0v) is 19.8. The summed E-state index contributed by atoms with van der Waals surface area (Å²) in [6, 6.07) is 3.61. The number of ether oxygens (including phenoxy) is 3. The van der Waals surface area contributed by atoms with Gasteiger partial charge in [-0.1, -0.05) is 17.3 Å². The number of fused-ring (bicyclic) bond motifs is 1. The van der Waals surface area contributed by atoms with E-state index in [2.05, 4.69) is 26.8 Å². The summed E-state index contributed by atoms with van der Waals surface area (Å²) in [7, 11) is 0. The third-order valence-corrected chi connectivity index (χ3v) is 5.95. The van der Waals surface area contributed by atoms with Crippen LogP contribution in [0.4, 0.5) is 0 Å². The summed E-state index contributed by atoms with van der Waals surface area (Å²) < 4.78 is 19.0. The topological polar surface area (TPSA) is 79.1 Å². The van der Waals surface area contributed by atoms with E-state index in [9.17, 15) is 9.59 Å². The minimum absolute atomic E-state index is 0.109. The molecule has 1 aromatic heterocycles. The fraction of sp³-hybridized carbons (Fsp3) is 0.318. The highest BCUT2D eigenvalue weighted by Crippen LogP contribution is 2.37. The molecule has 0 N–H and O–H groups in total. The van der Waals surface area contributed by atoms with Crippen molar-refractivity contribution in [1.29, 1.82) is 0 Å². The van der Waals surface area contributed by atoms with E-state index in [4.69, 9.17) is 20.6 Å². The predicted molar refractivity (Wildman–Crippen MR) is 122 cm³/mol. The molecule has 31 heavy (non-hydrogen) atoms. The summed E-state index contributed by atoms with van der Waals surface area (Å²) in [5, 5.41) is 0. The minimum atomic E-state index is -0.453. The first-order valence-electron chi connectivity index (χ1n) is 9.59. The Labute approximate surface area is 191 Å². The minimum Gasteiger partial charge on any atom is -0.490 e. The lowest BCUT2D eigenvalue weighted by atomic mass is 10.2. The van der Waals surface area contributed by atoms with E-state index < -0.39 is 5.97 Å². The maximum absolute atomic E-state index is 13.0. The maximum Gasteiger partial charge on any atom is 0.337 e. The lowest BCUT2D eigenvalue weighted by molar-refractivity contribution is -0.138. The molecule has 0 saturated heterocycles. The molecule has 0 spiro atoms. The number of carbonyl (C=O) groups excluding carboxylic acids is 1. The van der Waals surface area contributed by atoms with Crippen LogP contribution in [-0.4, -0.2) is 30.4 Å². The molecular formula is C22H21BrN2O5S. The highest BCUT2D eigenvalue weighted by molar-refractivity contribution is 9.10. The Morgan fingerprint density at radius 2 is 2.13 bits per heavy atom. The van der Waals surface area contributed by atoms with Gasteiger partial charge < -0.3 is 14.2 Å². The van der Waals surface area contributed by atoms with Gasteiger partial charge in [0.25, 0.3) is 5.56 Å². The lowest BCUT2D eigenvalue weighted by Crippen LogP contribution is -2.35. The molecule has 0 radical (unpaired) electrons. The predicted octanol–water partition coefficient (Wildman–Crippen LogP) is 2.38. The van der Waals surface area contributed by atoms with Gasteiger partial charge in [-0.25, -0.2) is 9.79 Å². The van der Waals surface area contributed by atoms with Crippen molar-refractivity contribution in [2.45, 2.75) is 27.3 Å². The van der Waals surface area contributed by atoms with Gasteiger partial charge >= 0.3 is 5.97 Å². The summed E-state index contributed by atoms with van der Waals surface area (Å²) in [5.41, 5.74) is 1.47. The molecule has 1 aromatic carbocycles. The van der Waals surface area contributed by atoms with Gasteiger partial charge in [0.05, 0.1) is 40.0 Å². The zero-order valence-electron chi connectivity index (χ0n) is 17.4. The quantitative estimate of drug-likeness (QED) is 0.427. The van der Waals surface area contributed by atoms with E-state index in [1.165, 1.54) is 15.9 Å². The van der Waals surface area contributed by atoms with Gasteiger partial charge in [-0.3, -0.25) is 9.36 Å². The van der Waals surface area contributed by atoms with Crippen LogP contribution in [0.5, 0.6) is 11.5 Å². The van der Waals surface area contributed by atoms with Crippen molar-refractivity contribution < 1.29 is 19.0 Å². The number of rotatable bonds is 7. The molecule has 9 heteroatoms. The van der Waals surface area contributed by atoms with Crippen LogP contribution in [0.25, 0.3) is 6.08 Å². The third-order valence-electron chi connectivity index (χ3n) is 4.36. The second kappa shape index (κ2) is 9.98. The Kier molecular flexibility index (Phi) is 7.36. The van der Waals surface area contributed by atoms with Crippen LogP contribution >= 0.6 is 27.3 Å². The molecule has 162 valence electrons. The van der Waals surface area contributed by atoms with Crippen molar-refractivity contribution in [2.75, 3.05) is 19.8 Å². The summed E-state index contributed by atoms with van der Waals surface area (Å²) in [4.78, 5) is 30.1. The molecule has 0 unspecified atom stereocenters. The fourth-order valence-electron chi connectivity index (χ4n) is 2.98. The molecule has 0 saturated carbocycles. The average Bonchev–Trinajstić information content (AvgIpc) is 3.01. The number of aromatic nitrogens is 1. The monoisotopic (exact) mass is 504 g/mol. The number of halogens is 1. The van der Waals surface area contributed by atoms with Gasteiger partial charge in [0.15, 0.2) is 16.3 Å². The molecule has 0 fully saturated rings. The van der Waals surface area contributed by atoms with E-state index in [-0.39, 0.29) is 25.3 Å².